The monoisotopic (exact) mass is 249 g/mol. The van der Waals surface area contributed by atoms with Crippen molar-refractivity contribution in [1.29, 1.82) is 0 Å². The Bertz CT molecular complexity index is 250. The highest BCUT2D eigenvalue weighted by atomic mass is 32.2. The average Bonchev–Trinajstić information content (AvgIpc) is 2.15. The summed E-state index contributed by atoms with van der Waals surface area (Å²) < 4.78 is 21.8. The molecule has 0 spiro atoms. The molecule has 0 fully saturated rings. The SMILES string of the molecule is CCCCCCCC(C)NCCS(C)(=O)=O. The van der Waals surface area contributed by atoms with Gasteiger partial charge in [0.1, 0.15) is 9.84 Å². The molecule has 3 nitrogen and oxygen atoms in total. The highest BCUT2D eigenvalue weighted by Gasteiger charge is 2.04. The third-order valence-corrected chi connectivity index (χ3v) is 3.65. The van der Waals surface area contributed by atoms with E-state index < -0.39 is 9.84 Å². The van der Waals surface area contributed by atoms with Crippen LogP contribution in [0.15, 0.2) is 0 Å². The van der Waals surface area contributed by atoms with E-state index in [1.54, 1.807) is 0 Å². The number of hydrogen-bond acceptors (Lipinski definition) is 3. The molecule has 0 rings (SSSR count). The highest BCUT2D eigenvalue weighted by Crippen LogP contribution is 2.06. The molecule has 0 radical (unpaired) electrons. The van der Waals surface area contributed by atoms with E-state index in [4.69, 9.17) is 0 Å². The molecule has 0 amide bonds. The van der Waals surface area contributed by atoms with Crippen LogP contribution >= 0.6 is 0 Å². The molecular formula is C12H27NO2S. The molecule has 98 valence electrons. The van der Waals surface area contributed by atoms with Crippen LogP contribution in [0.3, 0.4) is 0 Å². The predicted octanol–water partition coefficient (Wildman–Crippen LogP) is 2.37. The van der Waals surface area contributed by atoms with Crippen molar-refractivity contribution in [2.45, 2.75) is 58.4 Å². The van der Waals surface area contributed by atoms with Crippen LogP contribution in [-0.4, -0.2) is 33.0 Å². The summed E-state index contributed by atoms with van der Waals surface area (Å²) in [6, 6.07) is 0.434. The van der Waals surface area contributed by atoms with Gasteiger partial charge in [-0.25, -0.2) is 8.42 Å². The first kappa shape index (κ1) is 15.9. The zero-order valence-electron chi connectivity index (χ0n) is 11.0. The van der Waals surface area contributed by atoms with Crippen LogP contribution in [0.2, 0.25) is 0 Å². The second kappa shape index (κ2) is 8.99. The molecule has 0 aliphatic heterocycles. The minimum Gasteiger partial charge on any atom is -0.313 e. The molecule has 0 bridgehead atoms. The smallest absolute Gasteiger partial charge is 0.148 e. The van der Waals surface area contributed by atoms with E-state index in [9.17, 15) is 8.42 Å². The molecule has 0 heterocycles. The predicted molar refractivity (Wildman–Crippen MR) is 70.6 cm³/mol. The first-order chi connectivity index (χ1) is 7.45. The summed E-state index contributed by atoms with van der Waals surface area (Å²) in [6.07, 6.45) is 8.90. The lowest BCUT2D eigenvalue weighted by Crippen LogP contribution is -2.30. The fourth-order valence-corrected chi connectivity index (χ4v) is 2.14. The lowest BCUT2D eigenvalue weighted by Gasteiger charge is -2.12. The third-order valence-electron chi connectivity index (χ3n) is 2.71. The quantitative estimate of drug-likeness (QED) is 0.605. The average molecular weight is 249 g/mol. The zero-order chi connectivity index (χ0) is 12.4. The Morgan fingerprint density at radius 2 is 1.75 bits per heavy atom. The van der Waals surface area contributed by atoms with Gasteiger partial charge in [0.05, 0.1) is 5.75 Å². The van der Waals surface area contributed by atoms with Gasteiger partial charge in [0.25, 0.3) is 0 Å². The van der Waals surface area contributed by atoms with Crippen molar-refractivity contribution in [3.8, 4) is 0 Å². The molecular weight excluding hydrogens is 222 g/mol. The van der Waals surface area contributed by atoms with Gasteiger partial charge in [0, 0.05) is 18.8 Å². The van der Waals surface area contributed by atoms with Gasteiger partial charge < -0.3 is 5.32 Å². The summed E-state index contributed by atoms with van der Waals surface area (Å²) in [7, 11) is -2.81. The molecule has 0 aromatic heterocycles. The minimum absolute atomic E-state index is 0.243. The van der Waals surface area contributed by atoms with E-state index in [1.165, 1.54) is 38.4 Å². The molecule has 0 aromatic carbocycles. The van der Waals surface area contributed by atoms with Gasteiger partial charge >= 0.3 is 0 Å². The fourth-order valence-electron chi connectivity index (χ4n) is 1.65. The zero-order valence-corrected chi connectivity index (χ0v) is 11.8. The van der Waals surface area contributed by atoms with E-state index in [0.29, 0.717) is 12.6 Å². The van der Waals surface area contributed by atoms with E-state index in [-0.39, 0.29) is 5.75 Å². The summed E-state index contributed by atoms with van der Waals surface area (Å²) in [6.45, 7) is 4.92. The number of nitrogens with one attached hydrogen (secondary N) is 1. The maximum atomic E-state index is 10.9. The van der Waals surface area contributed by atoms with Gasteiger partial charge in [0.2, 0.25) is 0 Å². The molecule has 1 unspecified atom stereocenters. The van der Waals surface area contributed by atoms with E-state index in [2.05, 4.69) is 19.2 Å². The van der Waals surface area contributed by atoms with Gasteiger partial charge in [-0.3, -0.25) is 0 Å². The highest BCUT2D eigenvalue weighted by molar-refractivity contribution is 7.90. The van der Waals surface area contributed by atoms with Crippen LogP contribution < -0.4 is 5.32 Å². The maximum absolute atomic E-state index is 10.9. The largest absolute Gasteiger partial charge is 0.313 e. The Labute approximate surface area is 101 Å². The Balaban J connectivity index is 3.34. The maximum Gasteiger partial charge on any atom is 0.148 e. The first-order valence-electron chi connectivity index (χ1n) is 6.37. The number of hydrogen-bond donors (Lipinski definition) is 1. The summed E-state index contributed by atoms with van der Waals surface area (Å²) in [5, 5.41) is 3.25. The summed E-state index contributed by atoms with van der Waals surface area (Å²) >= 11 is 0. The molecule has 16 heavy (non-hydrogen) atoms. The van der Waals surface area contributed by atoms with Crippen LogP contribution in [0.1, 0.15) is 52.4 Å². The van der Waals surface area contributed by atoms with E-state index in [0.717, 1.165) is 6.42 Å². The van der Waals surface area contributed by atoms with Gasteiger partial charge in [-0.05, 0) is 13.3 Å². The molecule has 0 aromatic rings. The van der Waals surface area contributed by atoms with E-state index in [1.807, 2.05) is 0 Å². The summed E-state index contributed by atoms with van der Waals surface area (Å²) in [4.78, 5) is 0. The topological polar surface area (TPSA) is 46.2 Å². The number of rotatable bonds is 10. The van der Waals surface area contributed by atoms with Crippen molar-refractivity contribution in [1.82, 2.24) is 5.32 Å². The molecule has 1 N–H and O–H groups in total. The van der Waals surface area contributed by atoms with Gasteiger partial charge in [-0.1, -0.05) is 39.0 Å². The van der Waals surface area contributed by atoms with Gasteiger partial charge in [0.15, 0.2) is 0 Å². The Hall–Kier alpha value is -0.0900. The van der Waals surface area contributed by atoms with Crippen LogP contribution in [-0.2, 0) is 9.84 Å². The van der Waals surface area contributed by atoms with Gasteiger partial charge in [-0.15, -0.1) is 0 Å². The van der Waals surface area contributed by atoms with Crippen molar-refractivity contribution in [2.24, 2.45) is 0 Å². The van der Waals surface area contributed by atoms with E-state index >= 15 is 0 Å². The Morgan fingerprint density at radius 1 is 1.12 bits per heavy atom. The lowest BCUT2D eigenvalue weighted by atomic mass is 10.1. The second-order valence-electron chi connectivity index (χ2n) is 4.69. The summed E-state index contributed by atoms with van der Waals surface area (Å²) in [5.74, 6) is 0.243. The first-order valence-corrected chi connectivity index (χ1v) is 8.43. The Morgan fingerprint density at radius 3 is 2.31 bits per heavy atom. The Kier molecular flexibility index (Phi) is 8.94. The van der Waals surface area contributed by atoms with Crippen molar-refractivity contribution in [3.63, 3.8) is 0 Å². The molecule has 4 heteroatoms. The van der Waals surface area contributed by atoms with Crippen LogP contribution in [0.4, 0.5) is 0 Å². The van der Waals surface area contributed by atoms with Crippen LogP contribution in [0.25, 0.3) is 0 Å². The fraction of sp³-hybridized carbons (Fsp3) is 1.00. The number of unbranched alkanes of at least 4 members (excludes halogenated alkanes) is 4. The standard InChI is InChI=1S/C12H27NO2S/c1-4-5-6-7-8-9-12(2)13-10-11-16(3,14)15/h12-13H,4-11H2,1-3H3. The molecule has 0 saturated carbocycles. The van der Waals surface area contributed by atoms with Crippen LogP contribution in [0.5, 0.6) is 0 Å². The van der Waals surface area contributed by atoms with Gasteiger partial charge in [-0.2, -0.15) is 0 Å². The molecule has 0 aliphatic carbocycles. The molecule has 0 aliphatic rings. The lowest BCUT2D eigenvalue weighted by molar-refractivity contribution is 0.490. The third kappa shape index (κ3) is 12.0. The normalized spacial score (nSPS) is 13.9. The van der Waals surface area contributed by atoms with Crippen molar-refractivity contribution in [3.05, 3.63) is 0 Å². The summed E-state index contributed by atoms with van der Waals surface area (Å²) in [5.41, 5.74) is 0. The number of sulfone groups is 1. The minimum atomic E-state index is -2.81. The molecule has 1 atom stereocenters. The van der Waals surface area contributed by atoms with Crippen molar-refractivity contribution >= 4 is 9.84 Å². The van der Waals surface area contributed by atoms with Crippen LogP contribution in [0, 0.1) is 0 Å². The van der Waals surface area contributed by atoms with Crippen molar-refractivity contribution < 1.29 is 8.42 Å². The molecule has 0 saturated heterocycles. The van der Waals surface area contributed by atoms with Crippen molar-refractivity contribution in [2.75, 3.05) is 18.6 Å². The second-order valence-corrected chi connectivity index (χ2v) is 6.95.